The van der Waals surface area contributed by atoms with Gasteiger partial charge < -0.3 is 0 Å². The van der Waals surface area contributed by atoms with Gasteiger partial charge in [0, 0.05) is 11.9 Å². The third-order valence-electron chi connectivity index (χ3n) is 1.88. The van der Waals surface area contributed by atoms with Gasteiger partial charge in [0.25, 0.3) is 0 Å². The zero-order chi connectivity index (χ0) is 9.84. The van der Waals surface area contributed by atoms with E-state index in [1.54, 1.807) is 6.20 Å². The molecule has 13 heavy (non-hydrogen) atoms. The Morgan fingerprint density at radius 2 is 2.23 bits per heavy atom. The summed E-state index contributed by atoms with van der Waals surface area (Å²) in [6.07, 6.45) is 2.65. The van der Waals surface area contributed by atoms with Gasteiger partial charge in [-0.05, 0) is 30.9 Å². The Kier molecular flexibility index (Phi) is 3.02. The molecule has 0 aliphatic rings. The van der Waals surface area contributed by atoms with Crippen molar-refractivity contribution in [2.24, 2.45) is 5.92 Å². The second kappa shape index (κ2) is 4.04. The minimum absolute atomic E-state index is 0.616. The number of hydrogen-bond acceptors (Lipinski definition) is 1. The fourth-order valence-corrected chi connectivity index (χ4v) is 1.25. The Morgan fingerprint density at radius 1 is 1.54 bits per heavy atom. The lowest BCUT2D eigenvalue weighted by atomic mass is 10.1. The summed E-state index contributed by atoms with van der Waals surface area (Å²) in [5.74, 6) is 0.616. The molecule has 1 aromatic heterocycles. The van der Waals surface area contributed by atoms with E-state index >= 15 is 0 Å². The van der Waals surface area contributed by atoms with Crippen LogP contribution in [0, 0.1) is 19.4 Å². The molecular weight excluding hydrogens is 160 g/mol. The van der Waals surface area contributed by atoms with Crippen molar-refractivity contribution in [2.75, 3.05) is 0 Å². The third-order valence-corrected chi connectivity index (χ3v) is 1.88. The first kappa shape index (κ1) is 9.73. The Labute approximate surface area is 79.4 Å². The Hall–Kier alpha value is -1.36. The van der Waals surface area contributed by atoms with Crippen molar-refractivity contribution < 1.29 is 0 Å². The topological polar surface area (TPSA) is 17.2 Å². The Balaban J connectivity index is 2.91. The van der Waals surface area contributed by atoms with E-state index in [4.69, 9.17) is 6.57 Å². The summed E-state index contributed by atoms with van der Waals surface area (Å²) in [4.78, 5) is 7.61. The standard InChI is InChI=1S/C11H14N2/c1-8(2)5-10-6-9(3)11(12-4)7-13-10/h6-8H,5H2,1-3H3. The van der Waals surface area contributed by atoms with Crippen LogP contribution in [0.2, 0.25) is 0 Å². The molecule has 0 unspecified atom stereocenters. The van der Waals surface area contributed by atoms with E-state index in [0.29, 0.717) is 11.6 Å². The van der Waals surface area contributed by atoms with Crippen molar-refractivity contribution in [3.05, 3.63) is 34.9 Å². The van der Waals surface area contributed by atoms with Crippen LogP contribution < -0.4 is 0 Å². The van der Waals surface area contributed by atoms with Crippen LogP contribution in [0.25, 0.3) is 4.85 Å². The van der Waals surface area contributed by atoms with Gasteiger partial charge in [-0.1, -0.05) is 13.8 Å². The van der Waals surface area contributed by atoms with Gasteiger partial charge in [-0.25, -0.2) is 4.85 Å². The molecule has 0 radical (unpaired) electrons. The van der Waals surface area contributed by atoms with E-state index in [-0.39, 0.29) is 0 Å². The number of aromatic nitrogens is 1. The first-order valence-corrected chi connectivity index (χ1v) is 4.46. The molecule has 0 atom stereocenters. The van der Waals surface area contributed by atoms with E-state index in [1.165, 1.54) is 0 Å². The van der Waals surface area contributed by atoms with Gasteiger partial charge >= 0.3 is 0 Å². The van der Waals surface area contributed by atoms with E-state index in [1.807, 2.05) is 13.0 Å². The number of rotatable bonds is 2. The van der Waals surface area contributed by atoms with Crippen LogP contribution in [0.5, 0.6) is 0 Å². The third kappa shape index (κ3) is 2.55. The molecule has 0 fully saturated rings. The van der Waals surface area contributed by atoms with Crippen LogP contribution in [-0.2, 0) is 6.42 Å². The number of nitrogens with zero attached hydrogens (tertiary/aromatic N) is 2. The zero-order valence-electron chi connectivity index (χ0n) is 8.33. The van der Waals surface area contributed by atoms with Crippen LogP contribution in [0.3, 0.4) is 0 Å². The summed E-state index contributed by atoms with van der Waals surface area (Å²) < 4.78 is 0. The molecule has 0 amide bonds. The Morgan fingerprint density at radius 3 is 2.69 bits per heavy atom. The highest BCUT2D eigenvalue weighted by molar-refractivity contribution is 5.49. The molecule has 0 saturated heterocycles. The van der Waals surface area contributed by atoms with Crippen molar-refractivity contribution in [3.63, 3.8) is 0 Å². The monoisotopic (exact) mass is 174 g/mol. The fraction of sp³-hybridized carbons (Fsp3) is 0.455. The quantitative estimate of drug-likeness (QED) is 0.629. The van der Waals surface area contributed by atoms with Crippen molar-refractivity contribution in [3.8, 4) is 0 Å². The van der Waals surface area contributed by atoms with Gasteiger partial charge in [0.2, 0.25) is 5.69 Å². The molecule has 0 aliphatic heterocycles. The van der Waals surface area contributed by atoms with E-state index in [9.17, 15) is 0 Å². The van der Waals surface area contributed by atoms with Crippen LogP contribution in [-0.4, -0.2) is 4.98 Å². The fourth-order valence-electron chi connectivity index (χ4n) is 1.25. The number of hydrogen-bond donors (Lipinski definition) is 0. The molecular formula is C11H14N2. The molecule has 1 aromatic rings. The molecule has 0 aromatic carbocycles. The maximum atomic E-state index is 6.88. The SMILES string of the molecule is [C-]#[N+]c1cnc(CC(C)C)cc1C. The van der Waals surface area contributed by atoms with E-state index in [0.717, 1.165) is 17.7 Å². The number of aryl methyl sites for hydroxylation is 1. The van der Waals surface area contributed by atoms with Crippen molar-refractivity contribution in [1.82, 2.24) is 4.98 Å². The summed E-state index contributed by atoms with van der Waals surface area (Å²) in [5.41, 5.74) is 2.77. The van der Waals surface area contributed by atoms with Crippen LogP contribution in [0.15, 0.2) is 12.3 Å². The average molecular weight is 174 g/mol. The molecule has 1 heterocycles. The van der Waals surface area contributed by atoms with Crippen molar-refractivity contribution in [1.29, 1.82) is 0 Å². The van der Waals surface area contributed by atoms with Gasteiger partial charge in [-0.3, -0.25) is 4.98 Å². The zero-order valence-corrected chi connectivity index (χ0v) is 8.33. The van der Waals surface area contributed by atoms with Crippen molar-refractivity contribution >= 4 is 5.69 Å². The lowest BCUT2D eigenvalue weighted by Gasteiger charge is -2.05. The molecule has 0 spiro atoms. The predicted octanol–water partition coefficient (Wildman–Crippen LogP) is 3.14. The molecule has 2 heteroatoms. The summed E-state index contributed by atoms with van der Waals surface area (Å²) in [5, 5.41) is 0. The number of pyridine rings is 1. The highest BCUT2D eigenvalue weighted by Crippen LogP contribution is 2.18. The first-order valence-electron chi connectivity index (χ1n) is 4.46. The second-order valence-electron chi connectivity index (χ2n) is 3.67. The van der Waals surface area contributed by atoms with E-state index < -0.39 is 0 Å². The maximum absolute atomic E-state index is 6.88. The lowest BCUT2D eigenvalue weighted by molar-refractivity contribution is 0.635. The summed E-state index contributed by atoms with van der Waals surface area (Å²) in [6.45, 7) is 13.2. The molecule has 0 N–H and O–H groups in total. The van der Waals surface area contributed by atoms with Crippen LogP contribution >= 0.6 is 0 Å². The summed E-state index contributed by atoms with van der Waals surface area (Å²) in [7, 11) is 0. The van der Waals surface area contributed by atoms with Gasteiger partial charge in [0.1, 0.15) is 0 Å². The Bertz CT molecular complexity index is 334. The summed E-state index contributed by atoms with van der Waals surface area (Å²) in [6, 6.07) is 2.01. The molecule has 1 rings (SSSR count). The van der Waals surface area contributed by atoms with Gasteiger partial charge in [0.15, 0.2) is 0 Å². The van der Waals surface area contributed by atoms with Gasteiger partial charge in [-0.15, -0.1) is 0 Å². The van der Waals surface area contributed by atoms with Gasteiger partial charge in [0.05, 0.1) is 6.57 Å². The van der Waals surface area contributed by atoms with Crippen LogP contribution in [0.1, 0.15) is 25.1 Å². The largest absolute Gasteiger partial charge is 0.273 e. The van der Waals surface area contributed by atoms with Crippen molar-refractivity contribution in [2.45, 2.75) is 27.2 Å². The highest BCUT2D eigenvalue weighted by atomic mass is 14.7. The lowest BCUT2D eigenvalue weighted by Crippen LogP contribution is -1.97. The molecule has 0 saturated carbocycles. The maximum Gasteiger partial charge on any atom is 0.207 e. The van der Waals surface area contributed by atoms with Gasteiger partial charge in [-0.2, -0.15) is 0 Å². The molecule has 0 bridgehead atoms. The smallest absolute Gasteiger partial charge is 0.207 e. The minimum atomic E-state index is 0.616. The highest BCUT2D eigenvalue weighted by Gasteiger charge is 2.02. The van der Waals surface area contributed by atoms with Crippen LogP contribution in [0.4, 0.5) is 5.69 Å². The predicted molar refractivity (Wildman–Crippen MR) is 53.8 cm³/mol. The minimum Gasteiger partial charge on any atom is -0.273 e. The second-order valence-corrected chi connectivity index (χ2v) is 3.67. The first-order chi connectivity index (χ1) is 6.13. The van der Waals surface area contributed by atoms with E-state index in [2.05, 4.69) is 23.7 Å². The average Bonchev–Trinajstić information content (AvgIpc) is 2.03. The molecule has 2 nitrogen and oxygen atoms in total. The summed E-state index contributed by atoms with van der Waals surface area (Å²) >= 11 is 0. The molecule has 0 aliphatic carbocycles. The normalized spacial score (nSPS) is 10.1. The molecule has 68 valence electrons.